The molecule has 0 saturated carbocycles. The first-order valence-electron chi connectivity index (χ1n) is 9.61. The molecule has 1 N–H and O–H groups in total. The fraction of sp³-hybridized carbons (Fsp3) is 0.391. The molecule has 6 heteroatoms. The molecular formula is C23H29ClN2O3. The minimum Gasteiger partial charge on any atom is -0.484 e. The van der Waals surface area contributed by atoms with Crippen molar-refractivity contribution in [2.75, 3.05) is 6.61 Å². The number of amides is 2. The average molecular weight is 417 g/mol. The lowest BCUT2D eigenvalue weighted by Gasteiger charge is -2.31. The van der Waals surface area contributed by atoms with Crippen LogP contribution in [-0.4, -0.2) is 34.9 Å². The van der Waals surface area contributed by atoms with Crippen LogP contribution in [0.25, 0.3) is 0 Å². The Morgan fingerprint density at radius 3 is 2.31 bits per heavy atom. The summed E-state index contributed by atoms with van der Waals surface area (Å²) in [7, 11) is 0. The van der Waals surface area contributed by atoms with Crippen LogP contribution in [0.2, 0.25) is 5.02 Å². The van der Waals surface area contributed by atoms with Gasteiger partial charge in [-0.25, -0.2) is 0 Å². The van der Waals surface area contributed by atoms with Crippen molar-refractivity contribution in [3.63, 3.8) is 0 Å². The zero-order valence-electron chi connectivity index (χ0n) is 17.7. The van der Waals surface area contributed by atoms with E-state index in [-0.39, 0.29) is 24.0 Å². The Hall–Kier alpha value is -2.53. The standard InChI is InChI=1S/C23H29ClN2O3/c1-16-8-6-7-9-18(16)14-26(17(2)22(28)25-23(3,4)5)21(27)15-29-20-12-10-19(24)11-13-20/h6-13,17H,14-15H2,1-5H3,(H,25,28)/t17-/m1/s1. The number of rotatable bonds is 7. The van der Waals surface area contributed by atoms with Crippen molar-refractivity contribution in [1.29, 1.82) is 0 Å². The highest BCUT2D eigenvalue weighted by Crippen LogP contribution is 2.17. The summed E-state index contributed by atoms with van der Waals surface area (Å²) >= 11 is 5.88. The van der Waals surface area contributed by atoms with E-state index in [1.807, 2.05) is 52.0 Å². The first-order valence-corrected chi connectivity index (χ1v) is 9.99. The van der Waals surface area contributed by atoms with Gasteiger partial charge in [0.25, 0.3) is 5.91 Å². The smallest absolute Gasteiger partial charge is 0.261 e. The van der Waals surface area contributed by atoms with Gasteiger partial charge in [0.05, 0.1) is 0 Å². The predicted molar refractivity (Wildman–Crippen MR) is 116 cm³/mol. The fourth-order valence-corrected chi connectivity index (χ4v) is 2.91. The topological polar surface area (TPSA) is 58.6 Å². The lowest BCUT2D eigenvalue weighted by Crippen LogP contribution is -2.53. The maximum Gasteiger partial charge on any atom is 0.261 e. The van der Waals surface area contributed by atoms with Gasteiger partial charge in [0.2, 0.25) is 5.91 Å². The third-order valence-corrected chi connectivity index (χ3v) is 4.70. The van der Waals surface area contributed by atoms with Crippen molar-refractivity contribution in [3.05, 3.63) is 64.7 Å². The highest BCUT2D eigenvalue weighted by molar-refractivity contribution is 6.30. The second kappa shape index (κ2) is 9.79. The summed E-state index contributed by atoms with van der Waals surface area (Å²) < 4.78 is 5.62. The second-order valence-electron chi connectivity index (χ2n) is 8.11. The molecule has 2 aromatic carbocycles. The second-order valence-corrected chi connectivity index (χ2v) is 8.54. The van der Waals surface area contributed by atoms with E-state index < -0.39 is 6.04 Å². The number of hydrogen-bond donors (Lipinski definition) is 1. The summed E-state index contributed by atoms with van der Waals surface area (Å²) in [6.07, 6.45) is 0. The van der Waals surface area contributed by atoms with Gasteiger partial charge in [0.15, 0.2) is 6.61 Å². The molecule has 0 spiro atoms. The number of aryl methyl sites for hydroxylation is 1. The van der Waals surface area contributed by atoms with E-state index in [4.69, 9.17) is 16.3 Å². The van der Waals surface area contributed by atoms with Gasteiger partial charge < -0.3 is 15.0 Å². The molecule has 156 valence electrons. The van der Waals surface area contributed by atoms with Gasteiger partial charge in [-0.3, -0.25) is 9.59 Å². The Bertz CT molecular complexity index is 844. The first-order chi connectivity index (χ1) is 13.6. The number of nitrogens with zero attached hydrogens (tertiary/aromatic N) is 1. The minimum atomic E-state index is -0.643. The van der Waals surface area contributed by atoms with E-state index in [2.05, 4.69) is 5.32 Å². The fourth-order valence-electron chi connectivity index (χ4n) is 2.79. The molecule has 2 rings (SSSR count). The van der Waals surface area contributed by atoms with Gasteiger partial charge in [-0.2, -0.15) is 0 Å². The minimum absolute atomic E-state index is 0.166. The van der Waals surface area contributed by atoms with Gasteiger partial charge in [-0.05, 0) is 70.0 Å². The van der Waals surface area contributed by atoms with E-state index >= 15 is 0 Å². The highest BCUT2D eigenvalue weighted by atomic mass is 35.5. The van der Waals surface area contributed by atoms with E-state index in [9.17, 15) is 9.59 Å². The van der Waals surface area contributed by atoms with Crippen LogP contribution >= 0.6 is 11.6 Å². The Kier molecular flexibility index (Phi) is 7.68. The predicted octanol–water partition coefficient (Wildman–Crippen LogP) is 4.36. The quantitative estimate of drug-likeness (QED) is 0.729. The summed E-state index contributed by atoms with van der Waals surface area (Å²) in [6.45, 7) is 9.62. The van der Waals surface area contributed by atoms with Crippen LogP contribution in [0.5, 0.6) is 5.75 Å². The van der Waals surface area contributed by atoms with Crippen LogP contribution in [-0.2, 0) is 16.1 Å². The summed E-state index contributed by atoms with van der Waals surface area (Å²) in [5, 5.41) is 3.54. The number of nitrogens with one attached hydrogen (secondary N) is 1. The number of hydrogen-bond acceptors (Lipinski definition) is 3. The number of carbonyl (C=O) groups excluding carboxylic acids is 2. The molecule has 0 saturated heterocycles. The molecule has 0 fully saturated rings. The normalized spacial score (nSPS) is 12.2. The Morgan fingerprint density at radius 1 is 1.10 bits per heavy atom. The monoisotopic (exact) mass is 416 g/mol. The molecule has 0 radical (unpaired) electrons. The van der Waals surface area contributed by atoms with Crippen LogP contribution in [0.4, 0.5) is 0 Å². The van der Waals surface area contributed by atoms with Gasteiger partial charge >= 0.3 is 0 Å². The molecule has 0 aliphatic heterocycles. The van der Waals surface area contributed by atoms with Crippen molar-refractivity contribution in [3.8, 4) is 5.75 Å². The van der Waals surface area contributed by atoms with Crippen LogP contribution < -0.4 is 10.1 Å². The molecule has 2 amide bonds. The first kappa shape index (κ1) is 22.8. The van der Waals surface area contributed by atoms with Crippen LogP contribution in [0.3, 0.4) is 0 Å². The molecule has 2 aromatic rings. The molecular weight excluding hydrogens is 388 g/mol. The zero-order valence-corrected chi connectivity index (χ0v) is 18.4. The highest BCUT2D eigenvalue weighted by Gasteiger charge is 2.28. The zero-order chi connectivity index (χ0) is 21.6. The molecule has 1 atom stereocenters. The molecule has 0 unspecified atom stereocenters. The molecule has 0 aromatic heterocycles. The van der Waals surface area contributed by atoms with Crippen LogP contribution in [0.1, 0.15) is 38.8 Å². The van der Waals surface area contributed by atoms with E-state index in [0.717, 1.165) is 11.1 Å². The van der Waals surface area contributed by atoms with E-state index in [1.165, 1.54) is 0 Å². The third-order valence-electron chi connectivity index (χ3n) is 4.44. The molecule has 29 heavy (non-hydrogen) atoms. The number of benzene rings is 2. The van der Waals surface area contributed by atoms with Gasteiger partial charge in [0.1, 0.15) is 11.8 Å². The summed E-state index contributed by atoms with van der Waals surface area (Å²) in [4.78, 5) is 27.3. The van der Waals surface area contributed by atoms with Crippen molar-refractivity contribution >= 4 is 23.4 Å². The van der Waals surface area contributed by atoms with Crippen molar-refractivity contribution in [2.45, 2.75) is 52.7 Å². The van der Waals surface area contributed by atoms with Gasteiger partial charge in [0, 0.05) is 17.1 Å². The lowest BCUT2D eigenvalue weighted by molar-refractivity contribution is -0.142. The van der Waals surface area contributed by atoms with Gasteiger partial charge in [-0.1, -0.05) is 35.9 Å². The number of carbonyl (C=O) groups is 2. The number of halogens is 1. The molecule has 0 aliphatic carbocycles. The third kappa shape index (κ3) is 7.09. The lowest BCUT2D eigenvalue weighted by atomic mass is 10.1. The number of ether oxygens (including phenoxy) is 1. The maximum atomic E-state index is 13.0. The molecule has 0 heterocycles. The summed E-state index contributed by atoms with van der Waals surface area (Å²) in [5.41, 5.74) is 1.66. The van der Waals surface area contributed by atoms with Crippen molar-refractivity contribution < 1.29 is 14.3 Å². The molecule has 0 bridgehead atoms. The van der Waals surface area contributed by atoms with Crippen molar-refractivity contribution in [1.82, 2.24) is 10.2 Å². The summed E-state index contributed by atoms with van der Waals surface area (Å²) in [5.74, 6) is 0.0797. The SMILES string of the molecule is Cc1ccccc1CN(C(=O)COc1ccc(Cl)cc1)[C@H](C)C(=O)NC(C)(C)C. The Morgan fingerprint density at radius 2 is 1.72 bits per heavy atom. The van der Waals surface area contributed by atoms with Gasteiger partial charge in [-0.15, -0.1) is 0 Å². The Balaban J connectivity index is 2.18. The van der Waals surface area contributed by atoms with Crippen molar-refractivity contribution in [2.24, 2.45) is 0 Å². The average Bonchev–Trinajstić information content (AvgIpc) is 2.65. The van der Waals surface area contributed by atoms with Crippen LogP contribution in [0.15, 0.2) is 48.5 Å². The maximum absolute atomic E-state index is 13.0. The Labute approximate surface area is 178 Å². The molecule has 5 nitrogen and oxygen atoms in total. The molecule has 0 aliphatic rings. The largest absolute Gasteiger partial charge is 0.484 e. The summed E-state index contributed by atoms with van der Waals surface area (Å²) in [6, 6.07) is 14.0. The van der Waals surface area contributed by atoms with E-state index in [0.29, 0.717) is 17.3 Å². The van der Waals surface area contributed by atoms with Crippen LogP contribution in [0, 0.1) is 6.92 Å². The van der Waals surface area contributed by atoms with E-state index in [1.54, 1.807) is 36.1 Å².